The summed E-state index contributed by atoms with van der Waals surface area (Å²) in [4.78, 5) is 24.1. The number of nitrogens with zero attached hydrogens (tertiary/aromatic N) is 1. The predicted molar refractivity (Wildman–Crippen MR) is 58.0 cm³/mol. The Labute approximate surface area is 94.8 Å². The number of amides is 1. The third-order valence-electron chi connectivity index (χ3n) is 3.26. The summed E-state index contributed by atoms with van der Waals surface area (Å²) in [6, 6.07) is -0.602. The molecular weight excluding hydrogens is 208 g/mol. The lowest BCUT2D eigenvalue weighted by atomic mass is 10.2. The van der Waals surface area contributed by atoms with Crippen LogP contribution in [0, 0.1) is 5.92 Å². The van der Waals surface area contributed by atoms with Crippen molar-refractivity contribution in [3.63, 3.8) is 0 Å². The second-order valence-corrected chi connectivity index (χ2v) is 4.66. The zero-order valence-electron chi connectivity index (χ0n) is 9.32. The minimum absolute atomic E-state index is 0.0782. The van der Waals surface area contributed by atoms with Crippen LogP contribution in [-0.4, -0.2) is 47.6 Å². The Kier molecular flexibility index (Phi) is 3.43. The molecule has 1 saturated carbocycles. The Morgan fingerprint density at radius 2 is 2.06 bits per heavy atom. The molecule has 90 valence electrons. The van der Waals surface area contributed by atoms with Gasteiger partial charge in [0.25, 0.3) is 0 Å². The van der Waals surface area contributed by atoms with E-state index in [4.69, 9.17) is 5.11 Å². The maximum absolute atomic E-state index is 11.8. The molecular formula is C11H18N2O3. The van der Waals surface area contributed by atoms with E-state index in [0.29, 0.717) is 13.0 Å². The molecule has 0 radical (unpaired) electrons. The normalized spacial score (nSPS) is 24.8. The van der Waals surface area contributed by atoms with Crippen molar-refractivity contribution in [3.05, 3.63) is 0 Å². The number of likely N-dealkylation sites (tertiary alicyclic amines) is 1. The molecule has 2 rings (SSSR count). The van der Waals surface area contributed by atoms with Gasteiger partial charge in [0, 0.05) is 6.54 Å². The van der Waals surface area contributed by atoms with Crippen LogP contribution >= 0.6 is 0 Å². The smallest absolute Gasteiger partial charge is 0.326 e. The minimum Gasteiger partial charge on any atom is -0.480 e. The molecule has 0 aromatic carbocycles. The summed E-state index contributed by atoms with van der Waals surface area (Å²) in [6.45, 7) is 1.75. The van der Waals surface area contributed by atoms with Gasteiger partial charge < -0.3 is 15.3 Å². The van der Waals surface area contributed by atoms with Crippen LogP contribution in [0.1, 0.15) is 25.7 Å². The highest BCUT2D eigenvalue weighted by Crippen LogP contribution is 2.27. The van der Waals surface area contributed by atoms with E-state index in [1.807, 2.05) is 0 Å². The topological polar surface area (TPSA) is 69.6 Å². The number of hydrogen-bond acceptors (Lipinski definition) is 3. The van der Waals surface area contributed by atoms with Gasteiger partial charge in [0.15, 0.2) is 0 Å². The fourth-order valence-electron chi connectivity index (χ4n) is 2.13. The molecule has 2 N–H and O–H groups in total. The van der Waals surface area contributed by atoms with Crippen molar-refractivity contribution in [3.8, 4) is 0 Å². The molecule has 1 atom stereocenters. The van der Waals surface area contributed by atoms with Crippen LogP contribution in [0.15, 0.2) is 0 Å². The third-order valence-corrected chi connectivity index (χ3v) is 3.26. The Morgan fingerprint density at radius 3 is 2.69 bits per heavy atom. The van der Waals surface area contributed by atoms with Crippen molar-refractivity contribution in [2.24, 2.45) is 5.92 Å². The number of nitrogens with one attached hydrogen (secondary N) is 1. The van der Waals surface area contributed by atoms with E-state index < -0.39 is 12.0 Å². The van der Waals surface area contributed by atoms with Crippen LogP contribution in [0.4, 0.5) is 0 Å². The first-order valence-electron chi connectivity index (χ1n) is 5.91. The molecule has 1 amide bonds. The largest absolute Gasteiger partial charge is 0.480 e. The van der Waals surface area contributed by atoms with Gasteiger partial charge in [0.2, 0.25) is 5.91 Å². The number of carbonyl (C=O) groups is 2. The molecule has 2 aliphatic rings. The highest BCUT2D eigenvalue weighted by molar-refractivity contribution is 5.85. The molecule has 0 bridgehead atoms. The first-order chi connectivity index (χ1) is 7.68. The molecule has 5 heteroatoms. The van der Waals surface area contributed by atoms with E-state index >= 15 is 0 Å². The highest BCUT2D eigenvalue weighted by Gasteiger charge is 2.33. The van der Waals surface area contributed by atoms with E-state index in [2.05, 4.69) is 5.32 Å². The highest BCUT2D eigenvalue weighted by atomic mass is 16.4. The van der Waals surface area contributed by atoms with Gasteiger partial charge in [-0.3, -0.25) is 4.79 Å². The average Bonchev–Trinajstić information content (AvgIpc) is 2.93. The lowest BCUT2D eigenvalue weighted by Gasteiger charge is -2.21. The molecule has 2 fully saturated rings. The molecule has 0 spiro atoms. The molecule has 1 saturated heterocycles. The van der Waals surface area contributed by atoms with Crippen LogP contribution in [0.2, 0.25) is 0 Å². The van der Waals surface area contributed by atoms with Gasteiger partial charge in [-0.25, -0.2) is 4.79 Å². The summed E-state index contributed by atoms with van der Waals surface area (Å²) < 4.78 is 0. The molecule has 0 aromatic heterocycles. The summed E-state index contributed by atoms with van der Waals surface area (Å²) in [5.74, 6) is -0.222. The van der Waals surface area contributed by atoms with Crippen LogP contribution in [-0.2, 0) is 9.59 Å². The number of rotatable bonds is 5. The van der Waals surface area contributed by atoms with Crippen LogP contribution in [0.25, 0.3) is 0 Å². The van der Waals surface area contributed by atoms with Crippen molar-refractivity contribution in [2.45, 2.75) is 31.7 Å². The van der Waals surface area contributed by atoms with Gasteiger partial charge in [-0.05, 0) is 38.1 Å². The predicted octanol–water partition coefficient (Wildman–Crippen LogP) is 0.0616. The standard InChI is InChI=1S/C11H18N2O3/c14-10(7-12-6-8-3-4-8)13-5-1-2-9(13)11(15)16/h8-9,12H,1-7H2,(H,15,16)/t9-/m1/s1. The molecule has 0 unspecified atom stereocenters. The van der Waals surface area contributed by atoms with Crippen molar-refractivity contribution in [1.82, 2.24) is 10.2 Å². The Bertz CT molecular complexity index is 289. The van der Waals surface area contributed by atoms with Crippen molar-refractivity contribution >= 4 is 11.9 Å². The van der Waals surface area contributed by atoms with Crippen molar-refractivity contribution in [2.75, 3.05) is 19.6 Å². The van der Waals surface area contributed by atoms with Gasteiger partial charge in [-0.15, -0.1) is 0 Å². The van der Waals surface area contributed by atoms with E-state index in [1.165, 1.54) is 17.7 Å². The zero-order valence-corrected chi connectivity index (χ0v) is 9.32. The molecule has 1 aliphatic heterocycles. The lowest BCUT2D eigenvalue weighted by molar-refractivity contribution is -0.147. The first-order valence-corrected chi connectivity index (χ1v) is 5.91. The number of carbonyl (C=O) groups excluding carboxylic acids is 1. The van der Waals surface area contributed by atoms with Gasteiger partial charge in [-0.2, -0.15) is 0 Å². The Balaban J connectivity index is 1.75. The number of carboxylic acid groups (broad SMARTS) is 1. The number of carboxylic acids is 1. The summed E-state index contributed by atoms with van der Waals surface area (Å²) in [5.41, 5.74) is 0. The lowest BCUT2D eigenvalue weighted by Crippen LogP contribution is -2.44. The molecule has 1 aliphatic carbocycles. The fourth-order valence-corrected chi connectivity index (χ4v) is 2.13. The summed E-state index contributed by atoms with van der Waals surface area (Å²) in [7, 11) is 0. The van der Waals surface area contributed by atoms with E-state index in [-0.39, 0.29) is 12.5 Å². The summed E-state index contributed by atoms with van der Waals surface area (Å²) >= 11 is 0. The Hall–Kier alpha value is -1.10. The molecule has 1 heterocycles. The van der Waals surface area contributed by atoms with Crippen LogP contribution in [0.3, 0.4) is 0 Å². The maximum atomic E-state index is 11.8. The molecule has 5 nitrogen and oxygen atoms in total. The van der Waals surface area contributed by atoms with Crippen molar-refractivity contribution in [1.29, 1.82) is 0 Å². The Morgan fingerprint density at radius 1 is 1.31 bits per heavy atom. The van der Waals surface area contributed by atoms with E-state index in [0.717, 1.165) is 18.9 Å². The summed E-state index contributed by atoms with van der Waals surface area (Å²) in [6.07, 6.45) is 3.89. The van der Waals surface area contributed by atoms with Gasteiger partial charge in [-0.1, -0.05) is 0 Å². The monoisotopic (exact) mass is 226 g/mol. The number of hydrogen-bond donors (Lipinski definition) is 2. The quantitative estimate of drug-likeness (QED) is 0.695. The fraction of sp³-hybridized carbons (Fsp3) is 0.818. The average molecular weight is 226 g/mol. The minimum atomic E-state index is -0.881. The third kappa shape index (κ3) is 2.72. The van der Waals surface area contributed by atoms with Gasteiger partial charge in [0.1, 0.15) is 6.04 Å². The van der Waals surface area contributed by atoms with E-state index in [9.17, 15) is 9.59 Å². The SMILES string of the molecule is O=C(O)[C@H]1CCCN1C(=O)CNCC1CC1. The zero-order chi connectivity index (χ0) is 11.5. The maximum Gasteiger partial charge on any atom is 0.326 e. The van der Waals surface area contributed by atoms with Crippen LogP contribution in [0.5, 0.6) is 0 Å². The molecule has 16 heavy (non-hydrogen) atoms. The van der Waals surface area contributed by atoms with E-state index in [1.54, 1.807) is 0 Å². The van der Waals surface area contributed by atoms with Gasteiger partial charge >= 0.3 is 5.97 Å². The second-order valence-electron chi connectivity index (χ2n) is 4.66. The van der Waals surface area contributed by atoms with Crippen LogP contribution < -0.4 is 5.32 Å². The first kappa shape index (κ1) is 11.4. The van der Waals surface area contributed by atoms with Crippen molar-refractivity contribution < 1.29 is 14.7 Å². The molecule has 0 aromatic rings. The van der Waals surface area contributed by atoms with Gasteiger partial charge in [0.05, 0.1) is 6.54 Å². The number of aliphatic carboxylic acids is 1. The summed E-state index contributed by atoms with van der Waals surface area (Å²) in [5, 5.41) is 12.0. The second kappa shape index (κ2) is 4.82.